The molecule has 2 heterocycles. The second-order valence-electron chi connectivity index (χ2n) is 4.89. The molecule has 0 aromatic rings. The van der Waals surface area contributed by atoms with Crippen LogP contribution >= 0.6 is 0 Å². The highest BCUT2D eigenvalue weighted by molar-refractivity contribution is 5.86. The fourth-order valence-electron chi connectivity index (χ4n) is 3.05. The summed E-state index contributed by atoms with van der Waals surface area (Å²) in [5, 5.41) is 3.35. The Morgan fingerprint density at radius 1 is 1.13 bits per heavy atom. The minimum Gasteiger partial charge on any atom is -0.317 e. The van der Waals surface area contributed by atoms with Gasteiger partial charge >= 0.3 is 0 Å². The SMILES string of the molecule is CC(=O)C1(N2CCCCC2)CCNCC1. The lowest BCUT2D eigenvalue weighted by atomic mass is 9.81. The Morgan fingerprint density at radius 3 is 2.27 bits per heavy atom. The van der Waals surface area contributed by atoms with E-state index in [1.54, 1.807) is 6.92 Å². The predicted molar refractivity (Wildman–Crippen MR) is 60.9 cm³/mol. The van der Waals surface area contributed by atoms with Crippen LogP contribution in [-0.2, 0) is 4.79 Å². The third-order valence-corrected chi connectivity index (χ3v) is 4.05. The molecule has 2 aliphatic rings. The zero-order valence-electron chi connectivity index (χ0n) is 9.72. The second kappa shape index (κ2) is 4.62. The minimum absolute atomic E-state index is 0.119. The molecule has 0 atom stereocenters. The lowest BCUT2D eigenvalue weighted by Gasteiger charge is -2.46. The van der Waals surface area contributed by atoms with E-state index in [1.807, 2.05) is 0 Å². The fourth-order valence-corrected chi connectivity index (χ4v) is 3.05. The second-order valence-corrected chi connectivity index (χ2v) is 4.89. The molecule has 0 aromatic heterocycles. The molecule has 1 N–H and O–H groups in total. The molecular weight excluding hydrogens is 188 g/mol. The number of hydrogen-bond donors (Lipinski definition) is 1. The monoisotopic (exact) mass is 210 g/mol. The summed E-state index contributed by atoms with van der Waals surface area (Å²) in [5.74, 6) is 0.380. The number of rotatable bonds is 2. The van der Waals surface area contributed by atoms with Gasteiger partial charge in [-0.1, -0.05) is 6.42 Å². The summed E-state index contributed by atoms with van der Waals surface area (Å²) < 4.78 is 0. The summed E-state index contributed by atoms with van der Waals surface area (Å²) in [4.78, 5) is 14.4. The smallest absolute Gasteiger partial charge is 0.150 e. The van der Waals surface area contributed by atoms with Gasteiger partial charge in [-0.2, -0.15) is 0 Å². The number of hydrogen-bond acceptors (Lipinski definition) is 3. The summed E-state index contributed by atoms with van der Waals surface area (Å²) >= 11 is 0. The summed E-state index contributed by atoms with van der Waals surface area (Å²) in [6, 6.07) is 0. The van der Waals surface area contributed by atoms with E-state index >= 15 is 0 Å². The van der Waals surface area contributed by atoms with Crippen LogP contribution in [0.15, 0.2) is 0 Å². The quantitative estimate of drug-likeness (QED) is 0.743. The van der Waals surface area contributed by atoms with Gasteiger partial charge in [0.15, 0.2) is 0 Å². The first-order valence-electron chi connectivity index (χ1n) is 6.22. The summed E-state index contributed by atoms with van der Waals surface area (Å²) in [5.41, 5.74) is -0.119. The number of likely N-dealkylation sites (tertiary alicyclic amines) is 1. The first-order valence-corrected chi connectivity index (χ1v) is 6.22. The van der Waals surface area contributed by atoms with Crippen LogP contribution in [0.5, 0.6) is 0 Å². The summed E-state index contributed by atoms with van der Waals surface area (Å²) in [6.45, 7) is 6.02. The minimum atomic E-state index is -0.119. The van der Waals surface area contributed by atoms with Crippen LogP contribution in [0.2, 0.25) is 0 Å². The molecule has 0 unspecified atom stereocenters. The van der Waals surface area contributed by atoms with Crippen molar-refractivity contribution in [3.8, 4) is 0 Å². The van der Waals surface area contributed by atoms with Gasteiger partial charge in [0.2, 0.25) is 0 Å². The van der Waals surface area contributed by atoms with Crippen molar-refractivity contribution in [3.05, 3.63) is 0 Å². The van der Waals surface area contributed by atoms with Crippen LogP contribution in [0.1, 0.15) is 39.0 Å². The lowest BCUT2D eigenvalue weighted by Crippen LogP contribution is -2.60. The molecule has 0 amide bonds. The van der Waals surface area contributed by atoms with Crippen LogP contribution < -0.4 is 5.32 Å². The van der Waals surface area contributed by atoms with Crippen molar-refractivity contribution < 1.29 is 4.79 Å². The molecule has 0 bridgehead atoms. The van der Waals surface area contributed by atoms with E-state index in [0.717, 1.165) is 39.0 Å². The van der Waals surface area contributed by atoms with Crippen LogP contribution in [0.25, 0.3) is 0 Å². The predicted octanol–water partition coefficient (Wildman–Crippen LogP) is 1.18. The van der Waals surface area contributed by atoms with Crippen molar-refractivity contribution in [1.29, 1.82) is 0 Å². The van der Waals surface area contributed by atoms with Gasteiger partial charge < -0.3 is 5.32 Å². The molecule has 3 heteroatoms. The average Bonchev–Trinajstić information content (AvgIpc) is 2.31. The Hall–Kier alpha value is -0.410. The molecular formula is C12H22N2O. The first-order chi connectivity index (χ1) is 7.26. The molecule has 0 aliphatic carbocycles. The molecule has 3 nitrogen and oxygen atoms in total. The van der Waals surface area contributed by atoms with Gasteiger partial charge in [-0.3, -0.25) is 9.69 Å². The Balaban J connectivity index is 2.12. The van der Waals surface area contributed by atoms with Crippen molar-refractivity contribution in [1.82, 2.24) is 10.2 Å². The highest BCUT2D eigenvalue weighted by Crippen LogP contribution is 2.30. The van der Waals surface area contributed by atoms with Gasteiger partial charge in [0.25, 0.3) is 0 Å². The van der Waals surface area contributed by atoms with E-state index in [9.17, 15) is 4.79 Å². The molecule has 0 radical (unpaired) electrons. The number of nitrogens with zero attached hydrogens (tertiary/aromatic N) is 1. The van der Waals surface area contributed by atoms with Crippen LogP contribution in [0.4, 0.5) is 0 Å². The highest BCUT2D eigenvalue weighted by atomic mass is 16.1. The van der Waals surface area contributed by atoms with Gasteiger partial charge in [0, 0.05) is 0 Å². The van der Waals surface area contributed by atoms with Crippen LogP contribution in [0, 0.1) is 0 Å². The average molecular weight is 210 g/mol. The number of carbonyl (C=O) groups excluding carboxylic acids is 1. The maximum Gasteiger partial charge on any atom is 0.150 e. The number of carbonyl (C=O) groups is 1. The van der Waals surface area contributed by atoms with Crippen LogP contribution in [0.3, 0.4) is 0 Å². The zero-order chi connectivity index (χ0) is 10.7. The normalized spacial score (nSPS) is 27.5. The molecule has 2 rings (SSSR count). The fraction of sp³-hybridized carbons (Fsp3) is 0.917. The van der Waals surface area contributed by atoms with E-state index < -0.39 is 0 Å². The number of piperidine rings is 2. The molecule has 2 aliphatic heterocycles. The molecule has 2 saturated heterocycles. The Bertz CT molecular complexity index is 228. The molecule has 0 spiro atoms. The van der Waals surface area contributed by atoms with E-state index in [0.29, 0.717) is 5.78 Å². The van der Waals surface area contributed by atoms with E-state index in [1.165, 1.54) is 19.3 Å². The van der Waals surface area contributed by atoms with Gasteiger partial charge in [-0.15, -0.1) is 0 Å². The molecule has 15 heavy (non-hydrogen) atoms. The lowest BCUT2D eigenvalue weighted by molar-refractivity contribution is -0.132. The largest absolute Gasteiger partial charge is 0.317 e. The van der Waals surface area contributed by atoms with Crippen molar-refractivity contribution in [2.24, 2.45) is 0 Å². The first kappa shape index (κ1) is 11.1. The van der Waals surface area contributed by atoms with Crippen molar-refractivity contribution >= 4 is 5.78 Å². The number of Topliss-reactive ketones (excluding diaryl/α,β-unsaturated/α-hetero) is 1. The van der Waals surface area contributed by atoms with Crippen molar-refractivity contribution in [2.75, 3.05) is 26.2 Å². The van der Waals surface area contributed by atoms with E-state index in [4.69, 9.17) is 0 Å². The van der Waals surface area contributed by atoms with Gasteiger partial charge in [0.05, 0.1) is 5.54 Å². The Labute approximate surface area is 92.2 Å². The van der Waals surface area contributed by atoms with Crippen molar-refractivity contribution in [3.63, 3.8) is 0 Å². The maximum absolute atomic E-state index is 12.0. The van der Waals surface area contributed by atoms with E-state index in [2.05, 4.69) is 10.2 Å². The van der Waals surface area contributed by atoms with Crippen LogP contribution in [-0.4, -0.2) is 42.4 Å². The molecule has 86 valence electrons. The molecule has 2 fully saturated rings. The Kier molecular flexibility index (Phi) is 3.42. The molecule has 0 saturated carbocycles. The summed E-state index contributed by atoms with van der Waals surface area (Å²) in [7, 11) is 0. The highest BCUT2D eigenvalue weighted by Gasteiger charge is 2.42. The van der Waals surface area contributed by atoms with Gasteiger partial charge in [-0.05, 0) is 58.8 Å². The number of nitrogens with one attached hydrogen (secondary N) is 1. The Morgan fingerprint density at radius 2 is 1.73 bits per heavy atom. The van der Waals surface area contributed by atoms with Gasteiger partial charge in [0.1, 0.15) is 5.78 Å². The number of ketones is 1. The topological polar surface area (TPSA) is 32.3 Å². The third-order valence-electron chi connectivity index (χ3n) is 4.05. The third kappa shape index (κ3) is 2.08. The van der Waals surface area contributed by atoms with Crippen molar-refractivity contribution in [2.45, 2.75) is 44.6 Å². The summed E-state index contributed by atoms with van der Waals surface area (Å²) in [6.07, 6.45) is 5.87. The van der Waals surface area contributed by atoms with E-state index in [-0.39, 0.29) is 5.54 Å². The van der Waals surface area contributed by atoms with Gasteiger partial charge in [-0.25, -0.2) is 0 Å². The maximum atomic E-state index is 12.0. The standard InChI is InChI=1S/C12H22N2O/c1-11(15)12(5-7-13-8-6-12)14-9-3-2-4-10-14/h13H,2-10H2,1H3. The zero-order valence-corrected chi connectivity index (χ0v) is 9.72. The molecule has 0 aromatic carbocycles.